The molecular formula is C18H23N3O3. The van der Waals surface area contributed by atoms with Gasteiger partial charge < -0.3 is 9.64 Å². The predicted molar refractivity (Wildman–Crippen MR) is 89.9 cm³/mol. The van der Waals surface area contributed by atoms with Crippen LogP contribution in [0.2, 0.25) is 0 Å². The zero-order valence-corrected chi connectivity index (χ0v) is 14.4. The van der Waals surface area contributed by atoms with E-state index in [0.29, 0.717) is 38.2 Å². The van der Waals surface area contributed by atoms with Crippen molar-refractivity contribution in [2.45, 2.75) is 33.6 Å². The van der Waals surface area contributed by atoms with Crippen molar-refractivity contribution in [3.8, 4) is 0 Å². The second-order valence-electron chi connectivity index (χ2n) is 6.30. The minimum Gasteiger partial charge on any atom is -0.466 e. The number of carbonyl (C=O) groups excluding carboxylic acids is 2. The van der Waals surface area contributed by atoms with Gasteiger partial charge in [-0.15, -0.1) is 0 Å². The quantitative estimate of drug-likeness (QED) is 0.811. The van der Waals surface area contributed by atoms with Gasteiger partial charge in [-0.05, 0) is 45.2 Å². The van der Waals surface area contributed by atoms with Crippen LogP contribution >= 0.6 is 0 Å². The fourth-order valence-corrected chi connectivity index (χ4v) is 3.25. The Bertz CT molecular complexity index is 773. The monoisotopic (exact) mass is 329 g/mol. The number of aryl methyl sites for hydroxylation is 2. The number of esters is 1. The van der Waals surface area contributed by atoms with Crippen LogP contribution in [0.15, 0.2) is 18.3 Å². The minimum absolute atomic E-state index is 0.0205. The fourth-order valence-electron chi connectivity index (χ4n) is 3.25. The smallest absolute Gasteiger partial charge is 0.309 e. The molecule has 1 saturated heterocycles. The Labute approximate surface area is 141 Å². The summed E-state index contributed by atoms with van der Waals surface area (Å²) in [6, 6.07) is 3.91. The fraction of sp³-hybridized carbons (Fsp3) is 0.500. The molecule has 0 N–H and O–H groups in total. The van der Waals surface area contributed by atoms with Crippen molar-refractivity contribution in [1.29, 1.82) is 0 Å². The van der Waals surface area contributed by atoms with E-state index in [4.69, 9.17) is 4.74 Å². The first kappa shape index (κ1) is 16.5. The zero-order valence-electron chi connectivity index (χ0n) is 14.4. The average molecular weight is 329 g/mol. The van der Waals surface area contributed by atoms with Gasteiger partial charge >= 0.3 is 5.97 Å². The summed E-state index contributed by atoms with van der Waals surface area (Å²) in [5.74, 6) is -0.265. The Morgan fingerprint density at radius 2 is 1.96 bits per heavy atom. The van der Waals surface area contributed by atoms with Crippen molar-refractivity contribution in [2.75, 3.05) is 19.7 Å². The molecule has 1 aliphatic heterocycles. The van der Waals surface area contributed by atoms with E-state index in [9.17, 15) is 9.59 Å². The molecule has 1 fully saturated rings. The molecular weight excluding hydrogens is 306 g/mol. The van der Waals surface area contributed by atoms with Crippen LogP contribution in [0.3, 0.4) is 0 Å². The highest BCUT2D eigenvalue weighted by Crippen LogP contribution is 2.22. The molecule has 0 bridgehead atoms. The molecule has 0 unspecified atom stereocenters. The summed E-state index contributed by atoms with van der Waals surface area (Å²) in [7, 11) is 0. The third-order valence-corrected chi connectivity index (χ3v) is 4.55. The molecule has 6 heteroatoms. The lowest BCUT2D eigenvalue weighted by molar-refractivity contribution is -0.149. The summed E-state index contributed by atoms with van der Waals surface area (Å²) in [5, 5.41) is 0. The molecule has 2 aromatic heterocycles. The van der Waals surface area contributed by atoms with Crippen LogP contribution in [0.4, 0.5) is 0 Å². The Morgan fingerprint density at radius 3 is 2.62 bits per heavy atom. The number of hydrogen-bond acceptors (Lipinski definition) is 4. The summed E-state index contributed by atoms with van der Waals surface area (Å²) in [4.78, 5) is 31.1. The van der Waals surface area contributed by atoms with Crippen molar-refractivity contribution in [3.63, 3.8) is 0 Å². The second kappa shape index (κ2) is 6.63. The number of aromatic nitrogens is 2. The molecule has 3 heterocycles. The van der Waals surface area contributed by atoms with Crippen molar-refractivity contribution in [1.82, 2.24) is 14.3 Å². The zero-order chi connectivity index (χ0) is 17.3. The predicted octanol–water partition coefficient (Wildman–Crippen LogP) is 2.37. The molecule has 0 spiro atoms. The number of imidazole rings is 1. The van der Waals surface area contributed by atoms with Crippen molar-refractivity contribution < 1.29 is 14.3 Å². The van der Waals surface area contributed by atoms with E-state index < -0.39 is 0 Å². The highest BCUT2D eigenvalue weighted by atomic mass is 16.5. The number of amides is 1. The number of ether oxygens (including phenoxy) is 1. The van der Waals surface area contributed by atoms with Gasteiger partial charge in [0.25, 0.3) is 5.91 Å². The topological polar surface area (TPSA) is 63.9 Å². The van der Waals surface area contributed by atoms with Crippen LogP contribution < -0.4 is 0 Å². The lowest BCUT2D eigenvalue weighted by Gasteiger charge is -2.30. The first-order valence-corrected chi connectivity index (χ1v) is 8.42. The molecule has 128 valence electrons. The van der Waals surface area contributed by atoms with Gasteiger partial charge in [-0.2, -0.15) is 0 Å². The lowest BCUT2D eigenvalue weighted by atomic mass is 9.97. The van der Waals surface area contributed by atoms with E-state index in [1.165, 1.54) is 0 Å². The largest absolute Gasteiger partial charge is 0.466 e. The molecule has 0 atom stereocenters. The normalized spacial score (nSPS) is 15.7. The maximum Gasteiger partial charge on any atom is 0.309 e. The van der Waals surface area contributed by atoms with Gasteiger partial charge in [-0.25, -0.2) is 4.98 Å². The van der Waals surface area contributed by atoms with E-state index in [1.54, 1.807) is 0 Å². The van der Waals surface area contributed by atoms with Gasteiger partial charge in [0.2, 0.25) is 0 Å². The summed E-state index contributed by atoms with van der Waals surface area (Å²) in [5.41, 5.74) is 3.21. The Morgan fingerprint density at radius 1 is 1.25 bits per heavy atom. The molecule has 24 heavy (non-hydrogen) atoms. The molecule has 6 nitrogen and oxygen atoms in total. The number of rotatable bonds is 3. The molecule has 3 rings (SSSR count). The van der Waals surface area contributed by atoms with E-state index in [2.05, 4.69) is 4.98 Å². The summed E-state index contributed by atoms with van der Waals surface area (Å²) in [6.45, 7) is 7.21. The van der Waals surface area contributed by atoms with E-state index >= 15 is 0 Å². The molecule has 0 saturated carbocycles. The Balaban J connectivity index is 1.78. The molecule has 1 aliphatic rings. The van der Waals surface area contributed by atoms with E-state index in [1.807, 2.05) is 48.4 Å². The lowest BCUT2D eigenvalue weighted by Crippen LogP contribution is -2.41. The minimum atomic E-state index is -0.147. The highest BCUT2D eigenvalue weighted by molar-refractivity contribution is 5.95. The second-order valence-corrected chi connectivity index (χ2v) is 6.30. The van der Waals surface area contributed by atoms with Crippen molar-refractivity contribution in [3.05, 3.63) is 35.3 Å². The molecule has 0 aliphatic carbocycles. The standard InChI is InChI=1S/C18H23N3O3/c1-4-24-18(23)14-7-9-20(10-8-14)17(22)16-13(3)19-15-6-5-12(2)11-21(15)16/h5-6,11,14H,4,7-10H2,1-3H3. The van der Waals surface area contributed by atoms with Gasteiger partial charge in [-0.3, -0.25) is 14.0 Å². The van der Waals surface area contributed by atoms with Crippen LogP contribution in [-0.2, 0) is 9.53 Å². The number of nitrogens with zero attached hydrogens (tertiary/aromatic N) is 3. The van der Waals surface area contributed by atoms with Crippen molar-refractivity contribution in [2.24, 2.45) is 5.92 Å². The van der Waals surface area contributed by atoms with Crippen LogP contribution in [0.5, 0.6) is 0 Å². The molecule has 2 aromatic rings. The highest BCUT2D eigenvalue weighted by Gasteiger charge is 2.30. The Hall–Kier alpha value is -2.37. The number of fused-ring (bicyclic) bond motifs is 1. The Kier molecular flexibility index (Phi) is 4.55. The van der Waals surface area contributed by atoms with Crippen LogP contribution in [0.25, 0.3) is 5.65 Å². The van der Waals surface area contributed by atoms with E-state index in [-0.39, 0.29) is 17.8 Å². The number of piperidine rings is 1. The molecule has 0 aromatic carbocycles. The van der Waals surface area contributed by atoms with Crippen LogP contribution in [0, 0.1) is 19.8 Å². The van der Waals surface area contributed by atoms with Crippen molar-refractivity contribution >= 4 is 17.5 Å². The first-order chi connectivity index (χ1) is 11.5. The third kappa shape index (κ3) is 3.00. The van der Waals surface area contributed by atoms with E-state index in [0.717, 1.165) is 16.9 Å². The maximum absolute atomic E-state index is 13.0. The van der Waals surface area contributed by atoms with Gasteiger partial charge in [0.1, 0.15) is 11.3 Å². The summed E-state index contributed by atoms with van der Waals surface area (Å²) < 4.78 is 6.95. The average Bonchev–Trinajstić information content (AvgIpc) is 2.89. The number of likely N-dealkylation sites (tertiary alicyclic amines) is 1. The van der Waals surface area contributed by atoms with Gasteiger partial charge in [-0.1, -0.05) is 6.07 Å². The number of carbonyl (C=O) groups is 2. The van der Waals surface area contributed by atoms with Crippen LogP contribution in [-0.4, -0.2) is 45.9 Å². The number of pyridine rings is 1. The maximum atomic E-state index is 13.0. The third-order valence-electron chi connectivity index (χ3n) is 4.55. The van der Waals surface area contributed by atoms with Gasteiger partial charge in [0.15, 0.2) is 0 Å². The van der Waals surface area contributed by atoms with Gasteiger partial charge in [0.05, 0.1) is 18.2 Å². The molecule has 1 amide bonds. The summed E-state index contributed by atoms with van der Waals surface area (Å²) >= 11 is 0. The van der Waals surface area contributed by atoms with Gasteiger partial charge in [0, 0.05) is 19.3 Å². The molecule has 0 radical (unpaired) electrons. The SMILES string of the molecule is CCOC(=O)C1CCN(C(=O)c2c(C)nc3ccc(C)cn23)CC1. The van der Waals surface area contributed by atoms with Crippen LogP contribution in [0.1, 0.15) is 41.5 Å². The first-order valence-electron chi connectivity index (χ1n) is 8.42. The summed E-state index contributed by atoms with van der Waals surface area (Å²) in [6.07, 6.45) is 3.24. The number of hydrogen-bond donors (Lipinski definition) is 0.